The van der Waals surface area contributed by atoms with Gasteiger partial charge in [0.05, 0.1) is 28.1 Å². The van der Waals surface area contributed by atoms with Gasteiger partial charge in [-0.15, -0.1) is 0 Å². The topological polar surface area (TPSA) is 96.0 Å². The number of fused-ring (bicyclic) bond motifs is 1. The molecule has 2 heterocycles. The van der Waals surface area contributed by atoms with Crippen molar-refractivity contribution in [1.29, 1.82) is 5.26 Å². The average molecular weight is 580 g/mol. The van der Waals surface area contributed by atoms with Gasteiger partial charge in [-0.2, -0.15) is 18.4 Å². The van der Waals surface area contributed by atoms with Crippen molar-refractivity contribution in [3.8, 4) is 28.5 Å². The van der Waals surface area contributed by atoms with Crippen LogP contribution >= 0.6 is 0 Å². The Morgan fingerprint density at radius 2 is 1.76 bits per heavy atom. The molecule has 4 aromatic rings. The average Bonchev–Trinajstić information content (AvgIpc) is 3.33. The highest BCUT2D eigenvalue weighted by Crippen LogP contribution is 2.38. The molecule has 0 aliphatic carbocycles. The number of furan rings is 1. The van der Waals surface area contributed by atoms with E-state index in [1.54, 1.807) is 31.2 Å². The Morgan fingerprint density at radius 3 is 2.36 bits per heavy atom. The zero-order valence-electron chi connectivity index (χ0n) is 23.5. The van der Waals surface area contributed by atoms with Crippen LogP contribution in [-0.4, -0.2) is 29.9 Å². The van der Waals surface area contributed by atoms with Gasteiger partial charge < -0.3 is 9.73 Å². The normalized spacial score (nSPS) is 13.1. The molecule has 2 aromatic carbocycles. The van der Waals surface area contributed by atoms with Gasteiger partial charge in [0.25, 0.3) is 5.91 Å². The minimum Gasteiger partial charge on any atom is -0.437 e. The Balaban J connectivity index is 1.91. The van der Waals surface area contributed by atoms with Crippen molar-refractivity contribution in [1.82, 2.24) is 10.3 Å². The maximum absolute atomic E-state index is 13.6. The van der Waals surface area contributed by atoms with Crippen molar-refractivity contribution in [2.24, 2.45) is 11.3 Å². The molecule has 1 N–H and O–H groups in total. The number of carbonyl (C=O) groups excluding carboxylic acids is 2. The van der Waals surface area contributed by atoms with Gasteiger partial charge in [0.1, 0.15) is 11.6 Å². The van der Waals surface area contributed by atoms with Crippen LogP contribution in [0.3, 0.4) is 0 Å². The number of aromatic nitrogens is 1. The van der Waals surface area contributed by atoms with Gasteiger partial charge >= 0.3 is 6.18 Å². The fraction of sp³-hybridized carbons (Fsp3) is 0.312. The largest absolute Gasteiger partial charge is 0.437 e. The summed E-state index contributed by atoms with van der Waals surface area (Å²) in [6.07, 6.45) is -6.12. The number of Topliss-reactive ketones (excluding diaryl/α,β-unsaturated/α-hetero) is 1. The summed E-state index contributed by atoms with van der Waals surface area (Å²) in [6, 6.07) is 15.4. The third-order valence-corrected chi connectivity index (χ3v) is 7.52. The van der Waals surface area contributed by atoms with E-state index in [1.165, 1.54) is 37.4 Å². The minimum absolute atomic E-state index is 0.0353. The number of carbonyl (C=O) groups is 2. The number of hydrogen-bond acceptors (Lipinski definition) is 5. The second-order valence-corrected chi connectivity index (χ2v) is 10.7. The first-order valence-corrected chi connectivity index (χ1v) is 13.3. The lowest BCUT2D eigenvalue weighted by molar-refractivity contribution is -0.134. The number of alkyl halides is 3. The highest BCUT2D eigenvalue weighted by molar-refractivity contribution is 6.11. The Kier molecular flexibility index (Phi) is 8.53. The molecule has 1 amide bonds. The molecule has 0 saturated carbocycles. The predicted octanol–water partition coefficient (Wildman–Crippen LogP) is 7.91. The summed E-state index contributed by atoms with van der Waals surface area (Å²) >= 11 is 0. The van der Waals surface area contributed by atoms with Crippen LogP contribution in [0.2, 0.25) is 0 Å². The quantitative estimate of drug-likeness (QED) is 0.161. The number of ketones is 1. The third-order valence-electron chi connectivity index (χ3n) is 7.52. The Hall–Kier alpha value is -4.52. The molecule has 0 bridgehead atoms. The van der Waals surface area contributed by atoms with E-state index in [2.05, 4.69) is 16.4 Å². The molecule has 1 unspecified atom stereocenters. The predicted molar refractivity (Wildman–Crippen MR) is 150 cm³/mol. The molecule has 0 spiro atoms. The molecule has 6 nitrogen and oxygen atoms in total. The van der Waals surface area contributed by atoms with E-state index < -0.39 is 36.2 Å². The zero-order chi connectivity index (χ0) is 30.8. The molecule has 0 aliphatic heterocycles. The summed E-state index contributed by atoms with van der Waals surface area (Å²) in [5, 5.41) is 12.5. The van der Waals surface area contributed by atoms with Gasteiger partial charge in [-0.25, -0.2) is 9.37 Å². The number of nitriles is 1. The van der Waals surface area contributed by atoms with E-state index in [4.69, 9.17) is 4.42 Å². The molecule has 2 aromatic heterocycles. The van der Waals surface area contributed by atoms with Crippen molar-refractivity contribution in [2.45, 2.75) is 46.2 Å². The summed E-state index contributed by atoms with van der Waals surface area (Å²) in [5.41, 5.74) is 0.588. The fourth-order valence-electron chi connectivity index (χ4n) is 4.58. The van der Waals surface area contributed by atoms with E-state index in [-0.39, 0.29) is 46.2 Å². The van der Waals surface area contributed by atoms with Crippen molar-refractivity contribution >= 4 is 22.8 Å². The molecule has 0 fully saturated rings. The molecule has 0 aliphatic rings. The van der Waals surface area contributed by atoms with Crippen LogP contribution in [0, 0.1) is 28.5 Å². The van der Waals surface area contributed by atoms with Crippen LogP contribution < -0.4 is 5.32 Å². The van der Waals surface area contributed by atoms with Crippen LogP contribution in [-0.2, 0) is 6.42 Å². The highest BCUT2D eigenvalue weighted by atomic mass is 19.4. The van der Waals surface area contributed by atoms with Crippen LogP contribution in [0.4, 0.5) is 17.6 Å². The molecular formula is C32H29F4N3O3. The molecular weight excluding hydrogens is 550 g/mol. The molecule has 218 valence electrons. The molecule has 4 rings (SSSR count). The van der Waals surface area contributed by atoms with Gasteiger partial charge in [0, 0.05) is 36.6 Å². The molecule has 0 radical (unpaired) electrons. The SMILES string of the molecule is CNC(=O)c1c(-c2ccc(F)cc2)oc2nc(CCC(F)(F)F)c(-c3cccc(C(=O)CC(C)(C#N)C(C)C)c3)cc12. The number of nitrogens with zero attached hydrogens (tertiary/aromatic N) is 2. The number of amides is 1. The number of benzene rings is 2. The number of hydrogen-bond donors (Lipinski definition) is 1. The van der Waals surface area contributed by atoms with Crippen molar-refractivity contribution in [2.75, 3.05) is 7.05 Å². The Labute approximate surface area is 240 Å². The van der Waals surface area contributed by atoms with Crippen LogP contribution in [0.5, 0.6) is 0 Å². The molecule has 10 heteroatoms. The zero-order valence-corrected chi connectivity index (χ0v) is 23.5. The number of aryl methyl sites for hydroxylation is 1. The van der Waals surface area contributed by atoms with Gasteiger partial charge in [-0.1, -0.05) is 32.0 Å². The summed E-state index contributed by atoms with van der Waals surface area (Å²) in [6.45, 7) is 5.43. The van der Waals surface area contributed by atoms with E-state index >= 15 is 0 Å². The highest BCUT2D eigenvalue weighted by Gasteiger charge is 2.32. The van der Waals surface area contributed by atoms with Gasteiger partial charge in [0.2, 0.25) is 5.71 Å². The second-order valence-electron chi connectivity index (χ2n) is 10.7. The Morgan fingerprint density at radius 1 is 1.07 bits per heavy atom. The Bertz CT molecular complexity index is 1680. The van der Waals surface area contributed by atoms with Gasteiger partial charge in [0.15, 0.2) is 5.78 Å². The molecule has 1 atom stereocenters. The van der Waals surface area contributed by atoms with Crippen molar-refractivity contribution in [3.05, 3.63) is 77.2 Å². The number of nitrogens with one attached hydrogen (secondary N) is 1. The van der Waals surface area contributed by atoms with E-state index in [0.717, 1.165) is 0 Å². The first-order valence-electron chi connectivity index (χ1n) is 13.3. The standard InChI is InChI=1S/C32H29F4N3O3/c1-18(2)31(3,17-37)16-26(40)21-7-5-6-20(14-21)23-15-24-27(29(41)38-4)28(19-8-10-22(33)11-9-19)42-30(24)39-25(23)12-13-32(34,35)36/h5-11,14-15,18H,12-13,16H2,1-4H3,(H,38,41). The maximum atomic E-state index is 13.6. The number of rotatable bonds is 9. The van der Waals surface area contributed by atoms with Crippen LogP contribution in [0.25, 0.3) is 33.6 Å². The fourth-order valence-corrected chi connectivity index (χ4v) is 4.58. The van der Waals surface area contributed by atoms with E-state index in [0.29, 0.717) is 22.3 Å². The van der Waals surface area contributed by atoms with Crippen LogP contribution in [0.1, 0.15) is 60.0 Å². The lowest BCUT2D eigenvalue weighted by Crippen LogP contribution is -2.25. The minimum atomic E-state index is -4.46. The lowest BCUT2D eigenvalue weighted by Gasteiger charge is -2.25. The van der Waals surface area contributed by atoms with Crippen molar-refractivity contribution < 1.29 is 31.6 Å². The first kappa shape index (κ1) is 30.4. The second kappa shape index (κ2) is 11.8. The summed E-state index contributed by atoms with van der Waals surface area (Å²) in [7, 11) is 1.42. The third kappa shape index (κ3) is 6.35. The van der Waals surface area contributed by atoms with E-state index in [1.807, 2.05) is 13.8 Å². The van der Waals surface area contributed by atoms with E-state index in [9.17, 15) is 32.4 Å². The summed E-state index contributed by atoms with van der Waals surface area (Å²) in [4.78, 5) is 30.6. The van der Waals surface area contributed by atoms with Gasteiger partial charge in [-0.3, -0.25) is 9.59 Å². The molecule has 42 heavy (non-hydrogen) atoms. The maximum Gasteiger partial charge on any atom is 0.389 e. The lowest BCUT2D eigenvalue weighted by atomic mass is 9.75. The summed E-state index contributed by atoms with van der Waals surface area (Å²) < 4.78 is 59.3. The van der Waals surface area contributed by atoms with Crippen molar-refractivity contribution in [3.63, 3.8) is 0 Å². The first-order chi connectivity index (χ1) is 19.8. The summed E-state index contributed by atoms with van der Waals surface area (Å²) in [5.74, 6) is -1.31. The smallest absolute Gasteiger partial charge is 0.389 e. The molecule has 0 saturated heterocycles. The monoisotopic (exact) mass is 579 g/mol. The van der Waals surface area contributed by atoms with Crippen LogP contribution in [0.15, 0.2) is 59.0 Å². The number of pyridine rings is 1. The van der Waals surface area contributed by atoms with Gasteiger partial charge in [-0.05, 0) is 61.2 Å². The number of halogens is 4.